The summed E-state index contributed by atoms with van der Waals surface area (Å²) in [7, 11) is -0.222. The minimum atomic E-state index is -0.222. The Labute approximate surface area is 127 Å². The van der Waals surface area contributed by atoms with Gasteiger partial charge in [0, 0.05) is 15.1 Å². The van der Waals surface area contributed by atoms with Crippen LogP contribution in [0.2, 0.25) is 0 Å². The van der Waals surface area contributed by atoms with E-state index in [1.165, 1.54) is 27.1 Å². The van der Waals surface area contributed by atoms with Crippen LogP contribution in [0.4, 0.5) is 0 Å². The maximum absolute atomic E-state index is 2.32. The quantitative estimate of drug-likeness (QED) is 0.701. The van der Waals surface area contributed by atoms with Gasteiger partial charge in [0.2, 0.25) is 0 Å². The zero-order valence-corrected chi connectivity index (χ0v) is 13.9. The number of hydrogen-bond donors (Lipinski definition) is 0. The SMILES string of the molecule is C/C=C(\C)c1cccc2c1P(CC)c1ccccc1S2. The molecule has 2 heteroatoms. The van der Waals surface area contributed by atoms with Crippen molar-refractivity contribution in [2.45, 2.75) is 30.6 Å². The summed E-state index contributed by atoms with van der Waals surface area (Å²) in [6.45, 7) is 6.68. The van der Waals surface area contributed by atoms with Crippen LogP contribution >= 0.6 is 19.7 Å². The summed E-state index contributed by atoms with van der Waals surface area (Å²) < 4.78 is 0. The van der Waals surface area contributed by atoms with Gasteiger partial charge >= 0.3 is 0 Å². The fraction of sp³-hybridized carbons (Fsp3) is 0.222. The third-order valence-corrected chi connectivity index (χ3v) is 7.88. The smallest absolute Gasteiger partial charge is 0.0208 e. The normalized spacial score (nSPS) is 17.6. The fourth-order valence-corrected chi connectivity index (χ4v) is 6.92. The summed E-state index contributed by atoms with van der Waals surface area (Å²) in [5.74, 6) is 0. The van der Waals surface area contributed by atoms with Gasteiger partial charge in [0.15, 0.2) is 0 Å². The van der Waals surface area contributed by atoms with E-state index in [0.717, 1.165) is 0 Å². The molecule has 3 rings (SSSR count). The summed E-state index contributed by atoms with van der Waals surface area (Å²) in [5, 5.41) is 3.14. The average Bonchev–Trinajstić information content (AvgIpc) is 2.51. The Morgan fingerprint density at radius 1 is 1.10 bits per heavy atom. The van der Waals surface area contributed by atoms with E-state index in [9.17, 15) is 0 Å². The van der Waals surface area contributed by atoms with Gasteiger partial charge in [0.1, 0.15) is 0 Å². The molecule has 1 atom stereocenters. The first-order chi connectivity index (χ1) is 9.76. The first-order valence-electron chi connectivity index (χ1n) is 7.07. The largest absolute Gasteiger partial charge is 0.0887 e. The maximum atomic E-state index is 2.32. The lowest BCUT2D eigenvalue weighted by molar-refractivity contribution is 1.40. The fourth-order valence-electron chi connectivity index (χ4n) is 2.69. The van der Waals surface area contributed by atoms with E-state index >= 15 is 0 Å². The monoisotopic (exact) mass is 298 g/mol. The number of rotatable bonds is 2. The van der Waals surface area contributed by atoms with Crippen LogP contribution in [0, 0.1) is 0 Å². The lowest BCUT2D eigenvalue weighted by Gasteiger charge is -2.29. The van der Waals surface area contributed by atoms with Crippen molar-refractivity contribution in [2.24, 2.45) is 0 Å². The second-order valence-electron chi connectivity index (χ2n) is 4.94. The molecule has 2 aromatic rings. The van der Waals surface area contributed by atoms with Gasteiger partial charge < -0.3 is 0 Å². The van der Waals surface area contributed by atoms with Crippen molar-refractivity contribution >= 4 is 35.9 Å². The zero-order valence-electron chi connectivity index (χ0n) is 12.2. The molecule has 1 unspecified atom stereocenters. The van der Waals surface area contributed by atoms with E-state index in [0.29, 0.717) is 0 Å². The molecule has 0 N–H and O–H groups in total. The lowest BCUT2D eigenvalue weighted by Crippen LogP contribution is -2.23. The van der Waals surface area contributed by atoms with Crippen molar-refractivity contribution in [1.82, 2.24) is 0 Å². The Kier molecular flexibility index (Phi) is 4.01. The average molecular weight is 298 g/mol. The molecule has 20 heavy (non-hydrogen) atoms. The van der Waals surface area contributed by atoms with Gasteiger partial charge in [-0.15, -0.1) is 0 Å². The standard InChI is InChI=1S/C18H19PS/c1-4-13(3)14-9-8-12-17-18(14)19(5-2)15-10-6-7-11-16(15)20-17/h4,6-12H,5H2,1-3H3/b13-4+. The molecule has 0 saturated carbocycles. The maximum Gasteiger partial charge on any atom is 0.0208 e. The Bertz CT molecular complexity index is 673. The third kappa shape index (κ3) is 2.24. The number of benzene rings is 2. The Morgan fingerprint density at radius 2 is 1.85 bits per heavy atom. The van der Waals surface area contributed by atoms with Crippen LogP contribution < -0.4 is 10.6 Å². The first-order valence-corrected chi connectivity index (χ1v) is 9.41. The predicted molar refractivity (Wildman–Crippen MR) is 93.1 cm³/mol. The van der Waals surface area contributed by atoms with Crippen molar-refractivity contribution in [3.63, 3.8) is 0 Å². The van der Waals surface area contributed by atoms with Gasteiger partial charge in [-0.25, -0.2) is 0 Å². The van der Waals surface area contributed by atoms with E-state index in [2.05, 4.69) is 69.3 Å². The molecule has 0 fully saturated rings. The first kappa shape index (κ1) is 13.9. The minimum Gasteiger partial charge on any atom is -0.0887 e. The van der Waals surface area contributed by atoms with Crippen LogP contribution in [0.25, 0.3) is 5.57 Å². The van der Waals surface area contributed by atoms with Crippen molar-refractivity contribution in [3.8, 4) is 0 Å². The molecule has 1 aliphatic heterocycles. The Balaban J connectivity index is 2.24. The molecular formula is C18H19PS. The molecule has 0 nitrogen and oxygen atoms in total. The molecular weight excluding hydrogens is 279 g/mol. The topological polar surface area (TPSA) is 0 Å². The molecule has 0 aliphatic carbocycles. The predicted octanol–water partition coefficient (Wildman–Crippen LogP) is 5.03. The van der Waals surface area contributed by atoms with Gasteiger partial charge in [-0.05, 0) is 56.5 Å². The van der Waals surface area contributed by atoms with Crippen LogP contribution in [0.5, 0.6) is 0 Å². The summed E-state index contributed by atoms with van der Waals surface area (Å²) in [4.78, 5) is 2.90. The molecule has 1 heterocycles. The highest BCUT2D eigenvalue weighted by Gasteiger charge is 2.26. The van der Waals surface area contributed by atoms with Crippen molar-refractivity contribution in [3.05, 3.63) is 54.1 Å². The van der Waals surface area contributed by atoms with E-state index in [-0.39, 0.29) is 7.92 Å². The highest BCUT2D eigenvalue weighted by molar-refractivity contribution is 8.01. The van der Waals surface area contributed by atoms with Crippen molar-refractivity contribution < 1.29 is 0 Å². The molecule has 0 aromatic heterocycles. The summed E-state index contributed by atoms with van der Waals surface area (Å²) in [5.41, 5.74) is 2.84. The van der Waals surface area contributed by atoms with Crippen LogP contribution in [0.3, 0.4) is 0 Å². The van der Waals surface area contributed by atoms with Crippen LogP contribution in [0.1, 0.15) is 26.3 Å². The van der Waals surface area contributed by atoms with E-state index < -0.39 is 0 Å². The summed E-state index contributed by atoms with van der Waals surface area (Å²) in [6.07, 6.45) is 3.44. The highest BCUT2D eigenvalue weighted by atomic mass is 32.2. The van der Waals surface area contributed by atoms with Gasteiger partial charge in [0.05, 0.1) is 0 Å². The van der Waals surface area contributed by atoms with Gasteiger partial charge in [-0.1, -0.05) is 55.1 Å². The summed E-state index contributed by atoms with van der Waals surface area (Å²) in [6, 6.07) is 15.7. The second-order valence-corrected chi connectivity index (χ2v) is 8.44. The van der Waals surface area contributed by atoms with Gasteiger partial charge in [-0.3, -0.25) is 0 Å². The number of fused-ring (bicyclic) bond motifs is 2. The van der Waals surface area contributed by atoms with Gasteiger partial charge in [0.25, 0.3) is 0 Å². The molecule has 0 spiro atoms. The number of allylic oxidation sites excluding steroid dienone is 2. The van der Waals surface area contributed by atoms with E-state index in [1.54, 1.807) is 10.6 Å². The molecule has 0 bridgehead atoms. The Morgan fingerprint density at radius 3 is 2.60 bits per heavy atom. The van der Waals surface area contributed by atoms with Crippen molar-refractivity contribution in [2.75, 3.05) is 6.16 Å². The van der Waals surface area contributed by atoms with Gasteiger partial charge in [-0.2, -0.15) is 0 Å². The van der Waals surface area contributed by atoms with Crippen molar-refractivity contribution in [1.29, 1.82) is 0 Å². The molecule has 2 aromatic carbocycles. The third-order valence-electron chi connectivity index (χ3n) is 3.82. The second kappa shape index (κ2) is 5.76. The van der Waals surface area contributed by atoms with E-state index in [4.69, 9.17) is 0 Å². The zero-order chi connectivity index (χ0) is 14.1. The Hall–Kier alpha value is -1.04. The summed E-state index contributed by atoms with van der Waals surface area (Å²) >= 11 is 1.93. The molecule has 0 radical (unpaired) electrons. The molecule has 1 aliphatic rings. The van der Waals surface area contributed by atoms with Crippen LogP contribution in [0.15, 0.2) is 58.3 Å². The highest BCUT2D eigenvalue weighted by Crippen LogP contribution is 2.47. The molecule has 0 amide bonds. The molecule has 0 saturated heterocycles. The van der Waals surface area contributed by atoms with Crippen LogP contribution in [-0.2, 0) is 0 Å². The van der Waals surface area contributed by atoms with E-state index in [1.807, 2.05) is 11.8 Å². The molecule has 102 valence electrons. The number of hydrogen-bond acceptors (Lipinski definition) is 1. The minimum absolute atomic E-state index is 0.222. The van der Waals surface area contributed by atoms with Crippen LogP contribution in [-0.4, -0.2) is 6.16 Å². The lowest BCUT2D eigenvalue weighted by atomic mass is 10.1.